The molecule has 1 aliphatic rings. The highest BCUT2D eigenvalue weighted by atomic mass is 35.5. The number of anilines is 1. The Balaban J connectivity index is 1.52. The first-order chi connectivity index (χ1) is 12.0. The highest BCUT2D eigenvalue weighted by Gasteiger charge is 2.23. The van der Waals surface area contributed by atoms with E-state index in [9.17, 15) is 4.79 Å². The predicted octanol–water partition coefficient (Wildman–Crippen LogP) is 4.03. The third-order valence-electron chi connectivity index (χ3n) is 4.29. The van der Waals surface area contributed by atoms with Gasteiger partial charge in [0.25, 0.3) is 5.91 Å². The highest BCUT2D eigenvalue weighted by Crippen LogP contribution is 2.32. The van der Waals surface area contributed by atoms with E-state index in [1.54, 1.807) is 6.07 Å². The fraction of sp³-hybridized carbons (Fsp3) is 0.316. The van der Waals surface area contributed by atoms with Gasteiger partial charge < -0.3 is 14.5 Å². The fourth-order valence-electron chi connectivity index (χ4n) is 2.80. The number of carbonyl (C=O) groups is 1. The molecule has 0 unspecified atom stereocenters. The van der Waals surface area contributed by atoms with E-state index in [4.69, 9.17) is 27.9 Å². The maximum Gasteiger partial charge on any atom is 0.260 e. The quantitative estimate of drug-likeness (QED) is 0.804. The third kappa shape index (κ3) is 4.39. The second kappa shape index (κ2) is 7.98. The van der Waals surface area contributed by atoms with Gasteiger partial charge in [-0.05, 0) is 31.2 Å². The van der Waals surface area contributed by atoms with Crippen molar-refractivity contribution in [3.63, 3.8) is 0 Å². The molecule has 3 rings (SSSR count). The lowest BCUT2D eigenvalue weighted by Crippen LogP contribution is -2.50. The molecule has 0 aromatic heterocycles. The number of amides is 1. The molecule has 0 spiro atoms. The van der Waals surface area contributed by atoms with E-state index in [-0.39, 0.29) is 12.5 Å². The summed E-state index contributed by atoms with van der Waals surface area (Å²) in [7, 11) is 0. The van der Waals surface area contributed by atoms with Crippen LogP contribution in [0.15, 0.2) is 42.5 Å². The first kappa shape index (κ1) is 17.9. The van der Waals surface area contributed by atoms with Crippen LogP contribution in [0.5, 0.6) is 5.75 Å². The molecule has 2 aromatic rings. The Morgan fingerprint density at radius 2 is 1.72 bits per heavy atom. The number of aryl methyl sites for hydroxylation is 1. The molecular formula is C19H20Cl2N2O2. The van der Waals surface area contributed by atoms with Crippen molar-refractivity contribution in [2.24, 2.45) is 0 Å². The summed E-state index contributed by atoms with van der Waals surface area (Å²) in [5.74, 6) is 0.709. The van der Waals surface area contributed by atoms with E-state index in [0.29, 0.717) is 28.9 Å². The Labute approximate surface area is 157 Å². The highest BCUT2D eigenvalue weighted by molar-refractivity contribution is 6.43. The van der Waals surface area contributed by atoms with Gasteiger partial charge in [0.2, 0.25) is 0 Å². The number of rotatable bonds is 4. The molecule has 0 bridgehead atoms. The van der Waals surface area contributed by atoms with Crippen LogP contribution >= 0.6 is 23.2 Å². The van der Waals surface area contributed by atoms with Crippen molar-refractivity contribution in [1.29, 1.82) is 0 Å². The number of halogens is 2. The lowest BCUT2D eigenvalue weighted by molar-refractivity contribution is -0.133. The zero-order valence-corrected chi connectivity index (χ0v) is 15.6. The molecule has 4 nitrogen and oxygen atoms in total. The van der Waals surface area contributed by atoms with Crippen molar-refractivity contribution in [3.05, 3.63) is 58.1 Å². The van der Waals surface area contributed by atoms with E-state index in [1.165, 1.54) is 0 Å². The number of piperazine rings is 1. The SMILES string of the molecule is Cc1ccc(OCC(=O)N2CCN(c3cccc(Cl)c3Cl)CC2)cc1. The van der Waals surface area contributed by atoms with Crippen LogP contribution in [0, 0.1) is 6.92 Å². The summed E-state index contributed by atoms with van der Waals surface area (Å²) >= 11 is 12.4. The molecule has 0 atom stereocenters. The summed E-state index contributed by atoms with van der Waals surface area (Å²) in [4.78, 5) is 16.3. The number of hydrogen-bond donors (Lipinski definition) is 0. The Kier molecular flexibility index (Phi) is 5.71. The Bertz CT molecular complexity index is 742. The van der Waals surface area contributed by atoms with Crippen LogP contribution in [0.4, 0.5) is 5.69 Å². The van der Waals surface area contributed by atoms with Crippen LogP contribution < -0.4 is 9.64 Å². The average Bonchev–Trinajstić information content (AvgIpc) is 2.63. The molecule has 0 aliphatic carbocycles. The number of benzene rings is 2. The molecule has 2 aromatic carbocycles. The second-order valence-electron chi connectivity index (χ2n) is 6.04. The van der Waals surface area contributed by atoms with E-state index < -0.39 is 0 Å². The molecule has 6 heteroatoms. The molecule has 0 saturated carbocycles. The number of carbonyl (C=O) groups excluding carboxylic acids is 1. The first-order valence-corrected chi connectivity index (χ1v) is 8.96. The van der Waals surface area contributed by atoms with Crippen molar-refractivity contribution < 1.29 is 9.53 Å². The largest absolute Gasteiger partial charge is 0.484 e. The zero-order valence-electron chi connectivity index (χ0n) is 14.0. The maximum absolute atomic E-state index is 12.3. The van der Waals surface area contributed by atoms with Gasteiger partial charge >= 0.3 is 0 Å². The van der Waals surface area contributed by atoms with Crippen molar-refractivity contribution in [2.75, 3.05) is 37.7 Å². The molecule has 1 saturated heterocycles. The van der Waals surface area contributed by atoms with Crippen LogP contribution in [0.1, 0.15) is 5.56 Å². The van der Waals surface area contributed by atoms with Gasteiger partial charge in [-0.2, -0.15) is 0 Å². The van der Waals surface area contributed by atoms with Crippen molar-refractivity contribution in [3.8, 4) is 5.75 Å². The average molecular weight is 379 g/mol. The fourth-order valence-corrected chi connectivity index (χ4v) is 3.22. The van der Waals surface area contributed by atoms with Crippen LogP contribution in [0.2, 0.25) is 10.0 Å². The van der Waals surface area contributed by atoms with Crippen LogP contribution in [-0.4, -0.2) is 43.6 Å². The molecule has 0 N–H and O–H groups in total. The number of nitrogens with zero attached hydrogens (tertiary/aromatic N) is 2. The number of hydrogen-bond acceptors (Lipinski definition) is 3. The van der Waals surface area contributed by atoms with E-state index in [1.807, 2.05) is 48.2 Å². The normalized spacial score (nSPS) is 14.5. The molecule has 1 amide bonds. The van der Waals surface area contributed by atoms with E-state index in [0.717, 1.165) is 24.3 Å². The zero-order chi connectivity index (χ0) is 17.8. The molecule has 0 radical (unpaired) electrons. The van der Waals surface area contributed by atoms with Gasteiger partial charge in [-0.3, -0.25) is 4.79 Å². The first-order valence-electron chi connectivity index (χ1n) is 8.21. The molecule has 25 heavy (non-hydrogen) atoms. The van der Waals surface area contributed by atoms with Crippen LogP contribution in [-0.2, 0) is 4.79 Å². The van der Waals surface area contributed by atoms with Crippen LogP contribution in [0.25, 0.3) is 0 Å². The van der Waals surface area contributed by atoms with Gasteiger partial charge in [-0.25, -0.2) is 0 Å². The molecule has 132 valence electrons. The Morgan fingerprint density at radius 1 is 1.04 bits per heavy atom. The topological polar surface area (TPSA) is 32.8 Å². The number of ether oxygens (including phenoxy) is 1. The van der Waals surface area contributed by atoms with Gasteiger partial charge in [-0.15, -0.1) is 0 Å². The van der Waals surface area contributed by atoms with Gasteiger partial charge in [0.05, 0.1) is 15.7 Å². The standard InChI is InChI=1S/C19H20Cl2N2O2/c1-14-5-7-15(8-6-14)25-13-18(24)23-11-9-22(10-12-23)17-4-2-3-16(20)19(17)21/h2-8H,9-13H2,1H3. The summed E-state index contributed by atoms with van der Waals surface area (Å²) in [6.07, 6.45) is 0. The summed E-state index contributed by atoms with van der Waals surface area (Å²) in [6, 6.07) is 13.3. The van der Waals surface area contributed by atoms with E-state index >= 15 is 0 Å². The second-order valence-corrected chi connectivity index (χ2v) is 6.83. The molecule has 1 fully saturated rings. The minimum atomic E-state index is -0.00239. The van der Waals surface area contributed by atoms with Gasteiger partial charge in [0.15, 0.2) is 6.61 Å². The van der Waals surface area contributed by atoms with Crippen molar-refractivity contribution in [2.45, 2.75) is 6.92 Å². The predicted molar refractivity (Wildman–Crippen MR) is 102 cm³/mol. The van der Waals surface area contributed by atoms with E-state index in [2.05, 4.69) is 4.90 Å². The summed E-state index contributed by atoms with van der Waals surface area (Å²) in [5, 5.41) is 1.11. The monoisotopic (exact) mass is 378 g/mol. The Hall–Kier alpha value is -1.91. The maximum atomic E-state index is 12.3. The molecular weight excluding hydrogens is 359 g/mol. The Morgan fingerprint density at radius 3 is 2.40 bits per heavy atom. The molecule has 1 heterocycles. The minimum absolute atomic E-state index is 0.00239. The van der Waals surface area contributed by atoms with Crippen molar-refractivity contribution in [1.82, 2.24) is 4.90 Å². The lowest BCUT2D eigenvalue weighted by atomic mass is 10.2. The summed E-state index contributed by atoms with van der Waals surface area (Å²) in [6.45, 7) is 4.78. The van der Waals surface area contributed by atoms with Crippen LogP contribution in [0.3, 0.4) is 0 Å². The third-order valence-corrected chi connectivity index (χ3v) is 5.10. The smallest absolute Gasteiger partial charge is 0.260 e. The molecule has 1 aliphatic heterocycles. The minimum Gasteiger partial charge on any atom is -0.484 e. The lowest BCUT2D eigenvalue weighted by Gasteiger charge is -2.36. The van der Waals surface area contributed by atoms with Gasteiger partial charge in [-0.1, -0.05) is 47.0 Å². The van der Waals surface area contributed by atoms with Crippen molar-refractivity contribution >= 4 is 34.8 Å². The van der Waals surface area contributed by atoms with Gasteiger partial charge in [0, 0.05) is 26.2 Å². The van der Waals surface area contributed by atoms with Gasteiger partial charge in [0.1, 0.15) is 5.75 Å². The summed E-state index contributed by atoms with van der Waals surface area (Å²) < 4.78 is 5.58. The summed E-state index contributed by atoms with van der Waals surface area (Å²) in [5.41, 5.74) is 2.08.